The first kappa shape index (κ1) is 13.1. The molecule has 0 spiro atoms. The molecular formula is C13H20O3. The SMILES string of the molecule is COC(=O)C1CCC(C#CC(C)(C)O)CC1. The maximum Gasteiger partial charge on any atom is 0.308 e. The van der Waals surface area contributed by atoms with Crippen molar-refractivity contribution >= 4 is 5.97 Å². The van der Waals surface area contributed by atoms with Crippen LogP contribution in [-0.2, 0) is 9.53 Å². The molecule has 1 fully saturated rings. The van der Waals surface area contributed by atoms with Crippen molar-refractivity contribution in [3.8, 4) is 11.8 Å². The van der Waals surface area contributed by atoms with Crippen LogP contribution in [0, 0.1) is 23.7 Å². The Bertz CT molecular complexity index is 295. The summed E-state index contributed by atoms with van der Waals surface area (Å²) in [5, 5.41) is 9.48. The molecule has 0 amide bonds. The second-order valence-electron chi connectivity index (χ2n) is 4.90. The second-order valence-corrected chi connectivity index (χ2v) is 4.90. The predicted octanol–water partition coefficient (Wildman–Crippen LogP) is 1.74. The third kappa shape index (κ3) is 4.24. The van der Waals surface area contributed by atoms with Crippen molar-refractivity contribution in [2.24, 2.45) is 11.8 Å². The van der Waals surface area contributed by atoms with Crippen LogP contribution in [0.2, 0.25) is 0 Å². The highest BCUT2D eigenvalue weighted by Gasteiger charge is 2.26. The molecule has 90 valence electrons. The van der Waals surface area contributed by atoms with Gasteiger partial charge >= 0.3 is 5.97 Å². The van der Waals surface area contributed by atoms with E-state index < -0.39 is 5.60 Å². The lowest BCUT2D eigenvalue weighted by atomic mass is 9.82. The molecule has 0 unspecified atom stereocenters. The lowest BCUT2D eigenvalue weighted by Gasteiger charge is -2.23. The van der Waals surface area contributed by atoms with Crippen LogP contribution in [0.3, 0.4) is 0 Å². The predicted molar refractivity (Wildman–Crippen MR) is 61.5 cm³/mol. The summed E-state index contributed by atoms with van der Waals surface area (Å²) in [6, 6.07) is 0. The molecule has 0 bridgehead atoms. The molecule has 0 saturated heterocycles. The third-order valence-corrected chi connectivity index (χ3v) is 2.84. The number of carbonyl (C=O) groups is 1. The Kier molecular flexibility index (Phi) is 4.37. The maximum absolute atomic E-state index is 11.3. The van der Waals surface area contributed by atoms with Gasteiger partial charge < -0.3 is 9.84 Å². The van der Waals surface area contributed by atoms with Crippen molar-refractivity contribution in [2.45, 2.75) is 45.1 Å². The van der Waals surface area contributed by atoms with E-state index in [0.29, 0.717) is 5.92 Å². The number of hydrogen-bond acceptors (Lipinski definition) is 3. The van der Waals surface area contributed by atoms with Gasteiger partial charge in [0.15, 0.2) is 0 Å². The van der Waals surface area contributed by atoms with Crippen LogP contribution >= 0.6 is 0 Å². The Balaban J connectivity index is 2.43. The minimum absolute atomic E-state index is 0.0465. The summed E-state index contributed by atoms with van der Waals surface area (Å²) in [4.78, 5) is 11.3. The quantitative estimate of drug-likeness (QED) is 0.545. The Morgan fingerprint density at radius 3 is 2.31 bits per heavy atom. The monoisotopic (exact) mass is 224 g/mol. The van der Waals surface area contributed by atoms with Crippen molar-refractivity contribution in [3.05, 3.63) is 0 Å². The van der Waals surface area contributed by atoms with Gasteiger partial charge in [0.05, 0.1) is 13.0 Å². The summed E-state index contributed by atoms with van der Waals surface area (Å²) in [6.45, 7) is 3.36. The molecule has 1 rings (SSSR count). The van der Waals surface area contributed by atoms with E-state index in [1.807, 2.05) is 0 Å². The molecule has 3 heteroatoms. The molecule has 0 aromatic rings. The zero-order chi connectivity index (χ0) is 12.2. The van der Waals surface area contributed by atoms with Gasteiger partial charge in [-0.2, -0.15) is 0 Å². The average Bonchev–Trinajstić information content (AvgIpc) is 2.25. The zero-order valence-electron chi connectivity index (χ0n) is 10.2. The van der Waals surface area contributed by atoms with Crippen LogP contribution in [-0.4, -0.2) is 23.8 Å². The molecule has 3 nitrogen and oxygen atoms in total. The van der Waals surface area contributed by atoms with Crippen LogP contribution in [0.5, 0.6) is 0 Å². The van der Waals surface area contributed by atoms with E-state index in [-0.39, 0.29) is 11.9 Å². The standard InChI is InChI=1S/C13H20O3/c1-13(2,15)9-8-10-4-6-11(7-5-10)12(14)16-3/h10-11,15H,4-7H2,1-3H3. The van der Waals surface area contributed by atoms with Gasteiger partial charge in [0.25, 0.3) is 0 Å². The summed E-state index contributed by atoms with van der Waals surface area (Å²) >= 11 is 0. The molecule has 0 aromatic carbocycles. The normalized spacial score (nSPS) is 25.5. The van der Waals surface area contributed by atoms with E-state index in [4.69, 9.17) is 4.74 Å². The lowest BCUT2D eigenvalue weighted by molar-refractivity contribution is -0.146. The fourth-order valence-electron chi connectivity index (χ4n) is 1.92. The van der Waals surface area contributed by atoms with Crippen LogP contribution < -0.4 is 0 Å². The van der Waals surface area contributed by atoms with Crippen LogP contribution in [0.1, 0.15) is 39.5 Å². The van der Waals surface area contributed by atoms with Gasteiger partial charge in [-0.25, -0.2) is 0 Å². The van der Waals surface area contributed by atoms with Gasteiger partial charge in [-0.15, -0.1) is 0 Å². The number of carbonyl (C=O) groups excluding carboxylic acids is 1. The highest BCUT2D eigenvalue weighted by Crippen LogP contribution is 2.29. The maximum atomic E-state index is 11.3. The Hall–Kier alpha value is -1.01. The first-order valence-electron chi connectivity index (χ1n) is 5.75. The van der Waals surface area contributed by atoms with E-state index in [1.54, 1.807) is 13.8 Å². The average molecular weight is 224 g/mol. The van der Waals surface area contributed by atoms with Crippen molar-refractivity contribution in [3.63, 3.8) is 0 Å². The fourth-order valence-corrected chi connectivity index (χ4v) is 1.92. The number of rotatable bonds is 1. The van der Waals surface area contributed by atoms with E-state index in [1.165, 1.54) is 7.11 Å². The van der Waals surface area contributed by atoms with E-state index in [0.717, 1.165) is 25.7 Å². The van der Waals surface area contributed by atoms with Crippen LogP contribution in [0.4, 0.5) is 0 Å². The fraction of sp³-hybridized carbons (Fsp3) is 0.769. The number of aliphatic hydroxyl groups is 1. The van der Waals surface area contributed by atoms with Crippen LogP contribution in [0.15, 0.2) is 0 Å². The van der Waals surface area contributed by atoms with E-state index in [2.05, 4.69) is 11.8 Å². The number of hydrogen-bond donors (Lipinski definition) is 1. The number of methoxy groups -OCH3 is 1. The van der Waals surface area contributed by atoms with Gasteiger partial charge in [0.1, 0.15) is 5.60 Å². The minimum Gasteiger partial charge on any atom is -0.469 e. The molecule has 0 atom stereocenters. The van der Waals surface area contributed by atoms with Gasteiger partial charge in [-0.1, -0.05) is 11.8 Å². The van der Waals surface area contributed by atoms with Gasteiger partial charge in [-0.3, -0.25) is 4.79 Å². The Labute approximate surface area is 97.2 Å². The van der Waals surface area contributed by atoms with Crippen molar-refractivity contribution < 1.29 is 14.6 Å². The van der Waals surface area contributed by atoms with E-state index >= 15 is 0 Å². The summed E-state index contributed by atoms with van der Waals surface area (Å²) in [5.74, 6) is 6.18. The number of esters is 1. The largest absolute Gasteiger partial charge is 0.469 e. The highest BCUT2D eigenvalue weighted by atomic mass is 16.5. The minimum atomic E-state index is -0.917. The Morgan fingerprint density at radius 1 is 1.31 bits per heavy atom. The molecule has 0 aliphatic heterocycles. The molecule has 1 N–H and O–H groups in total. The van der Waals surface area contributed by atoms with Crippen molar-refractivity contribution in [2.75, 3.05) is 7.11 Å². The van der Waals surface area contributed by atoms with Crippen molar-refractivity contribution in [1.29, 1.82) is 0 Å². The van der Waals surface area contributed by atoms with Gasteiger partial charge in [-0.05, 0) is 39.5 Å². The van der Waals surface area contributed by atoms with Gasteiger partial charge in [0.2, 0.25) is 0 Å². The van der Waals surface area contributed by atoms with Gasteiger partial charge in [0, 0.05) is 5.92 Å². The lowest BCUT2D eigenvalue weighted by Crippen LogP contribution is -2.23. The molecule has 16 heavy (non-hydrogen) atoms. The zero-order valence-corrected chi connectivity index (χ0v) is 10.2. The van der Waals surface area contributed by atoms with Crippen molar-refractivity contribution in [1.82, 2.24) is 0 Å². The molecule has 0 aromatic heterocycles. The molecule has 0 radical (unpaired) electrons. The third-order valence-electron chi connectivity index (χ3n) is 2.84. The Morgan fingerprint density at radius 2 is 1.88 bits per heavy atom. The first-order chi connectivity index (χ1) is 7.42. The summed E-state index contributed by atoms with van der Waals surface area (Å²) in [6.07, 6.45) is 3.53. The molecule has 1 aliphatic rings. The van der Waals surface area contributed by atoms with E-state index in [9.17, 15) is 9.90 Å². The second kappa shape index (κ2) is 5.36. The molecule has 1 aliphatic carbocycles. The molecule has 0 heterocycles. The number of ether oxygens (including phenoxy) is 1. The summed E-state index contributed by atoms with van der Waals surface area (Å²) in [5.41, 5.74) is -0.917. The molecular weight excluding hydrogens is 204 g/mol. The van der Waals surface area contributed by atoms with Crippen LogP contribution in [0.25, 0.3) is 0 Å². The topological polar surface area (TPSA) is 46.5 Å². The smallest absolute Gasteiger partial charge is 0.308 e. The highest BCUT2D eigenvalue weighted by molar-refractivity contribution is 5.72. The summed E-state index contributed by atoms with van der Waals surface area (Å²) < 4.78 is 4.72. The first-order valence-corrected chi connectivity index (χ1v) is 5.75. The summed E-state index contributed by atoms with van der Waals surface area (Å²) in [7, 11) is 1.43. The molecule has 1 saturated carbocycles.